The summed E-state index contributed by atoms with van der Waals surface area (Å²) in [5.41, 5.74) is 1.28. The Balaban J connectivity index is 2.36. The molecular formula is C15H24N2O. The van der Waals surface area contributed by atoms with Crippen LogP contribution in [0, 0.1) is 0 Å². The van der Waals surface area contributed by atoms with Crippen LogP contribution in [0.25, 0.3) is 0 Å². The van der Waals surface area contributed by atoms with Gasteiger partial charge in [-0.25, -0.2) is 0 Å². The summed E-state index contributed by atoms with van der Waals surface area (Å²) < 4.78 is 0. The first-order valence-corrected chi connectivity index (χ1v) is 6.67. The van der Waals surface area contributed by atoms with Crippen molar-refractivity contribution in [3.8, 4) is 0 Å². The molecule has 0 radical (unpaired) electrons. The van der Waals surface area contributed by atoms with E-state index in [9.17, 15) is 4.79 Å². The predicted molar refractivity (Wildman–Crippen MR) is 75.6 cm³/mol. The van der Waals surface area contributed by atoms with Gasteiger partial charge < -0.3 is 4.90 Å². The maximum Gasteiger partial charge on any atom is 0.236 e. The Bertz CT molecular complexity index is 347. The van der Waals surface area contributed by atoms with E-state index in [1.165, 1.54) is 5.56 Å². The highest BCUT2D eigenvalue weighted by atomic mass is 16.2. The Morgan fingerprint density at radius 1 is 1.11 bits per heavy atom. The highest BCUT2D eigenvalue weighted by Gasteiger charge is 2.11. The first-order chi connectivity index (χ1) is 8.67. The zero-order valence-electron chi connectivity index (χ0n) is 11.7. The van der Waals surface area contributed by atoms with E-state index >= 15 is 0 Å². The molecule has 0 fully saturated rings. The molecule has 0 aliphatic heterocycles. The average Bonchev–Trinajstić information content (AvgIpc) is 2.42. The van der Waals surface area contributed by atoms with E-state index in [-0.39, 0.29) is 5.91 Å². The van der Waals surface area contributed by atoms with Crippen molar-refractivity contribution in [3.63, 3.8) is 0 Å². The molecule has 1 aromatic rings. The molecule has 18 heavy (non-hydrogen) atoms. The van der Waals surface area contributed by atoms with Crippen molar-refractivity contribution in [1.82, 2.24) is 9.80 Å². The van der Waals surface area contributed by atoms with E-state index in [1.54, 1.807) is 0 Å². The lowest BCUT2D eigenvalue weighted by Gasteiger charge is -2.22. The van der Waals surface area contributed by atoms with E-state index in [0.29, 0.717) is 6.54 Å². The summed E-state index contributed by atoms with van der Waals surface area (Å²) in [7, 11) is 1.88. The van der Waals surface area contributed by atoms with Crippen molar-refractivity contribution >= 4 is 5.91 Å². The lowest BCUT2D eigenvalue weighted by atomic mass is 10.1. The van der Waals surface area contributed by atoms with Crippen LogP contribution in [0.5, 0.6) is 0 Å². The lowest BCUT2D eigenvalue weighted by molar-refractivity contribution is -0.131. The fourth-order valence-electron chi connectivity index (χ4n) is 1.83. The third-order valence-electron chi connectivity index (χ3n) is 3.26. The van der Waals surface area contributed by atoms with Crippen LogP contribution in [0.3, 0.4) is 0 Å². The second-order valence-corrected chi connectivity index (χ2v) is 4.51. The summed E-state index contributed by atoms with van der Waals surface area (Å²) in [5.74, 6) is 0.203. The molecule has 0 unspecified atom stereocenters. The van der Waals surface area contributed by atoms with E-state index in [0.717, 1.165) is 26.1 Å². The molecule has 0 saturated heterocycles. The fourth-order valence-corrected chi connectivity index (χ4v) is 1.83. The third kappa shape index (κ3) is 4.88. The van der Waals surface area contributed by atoms with Gasteiger partial charge in [0, 0.05) is 13.6 Å². The largest absolute Gasteiger partial charge is 0.344 e. The van der Waals surface area contributed by atoms with E-state index in [1.807, 2.05) is 30.1 Å². The molecule has 100 valence electrons. The van der Waals surface area contributed by atoms with E-state index in [4.69, 9.17) is 0 Å². The van der Waals surface area contributed by atoms with E-state index < -0.39 is 0 Å². The van der Waals surface area contributed by atoms with Gasteiger partial charge in [0.05, 0.1) is 6.54 Å². The van der Waals surface area contributed by atoms with Gasteiger partial charge in [0.25, 0.3) is 0 Å². The number of carbonyl (C=O) groups excluding carboxylic acids is 1. The Morgan fingerprint density at radius 2 is 1.72 bits per heavy atom. The number of rotatable bonds is 7. The number of carbonyl (C=O) groups is 1. The fraction of sp³-hybridized carbons (Fsp3) is 0.533. The SMILES string of the molecule is CCN(CC)CC(=O)N(C)CCc1ccccc1. The summed E-state index contributed by atoms with van der Waals surface area (Å²) in [4.78, 5) is 15.9. The highest BCUT2D eigenvalue weighted by Crippen LogP contribution is 2.01. The third-order valence-corrected chi connectivity index (χ3v) is 3.26. The van der Waals surface area contributed by atoms with Crippen LogP contribution in [0.15, 0.2) is 30.3 Å². The van der Waals surface area contributed by atoms with Gasteiger partial charge in [0.1, 0.15) is 0 Å². The molecular weight excluding hydrogens is 224 g/mol. The summed E-state index contributed by atoms with van der Waals surface area (Å²) in [6.07, 6.45) is 0.918. The number of hydrogen-bond acceptors (Lipinski definition) is 2. The molecule has 0 aromatic heterocycles. The van der Waals surface area contributed by atoms with Gasteiger partial charge in [-0.05, 0) is 25.1 Å². The van der Waals surface area contributed by atoms with Crippen molar-refractivity contribution < 1.29 is 4.79 Å². The molecule has 3 heteroatoms. The minimum atomic E-state index is 0.203. The Kier molecular flexibility index (Phi) is 6.44. The number of amides is 1. The molecule has 0 aliphatic carbocycles. The summed E-state index contributed by atoms with van der Waals surface area (Å²) >= 11 is 0. The first kappa shape index (κ1) is 14.7. The maximum absolute atomic E-state index is 12.0. The molecule has 0 bridgehead atoms. The average molecular weight is 248 g/mol. The quantitative estimate of drug-likeness (QED) is 0.737. The standard InChI is InChI=1S/C15H24N2O/c1-4-17(5-2)13-15(18)16(3)12-11-14-9-7-6-8-10-14/h6-10H,4-5,11-13H2,1-3H3. The van der Waals surface area contributed by atoms with Gasteiger partial charge in [0.2, 0.25) is 5.91 Å². The highest BCUT2D eigenvalue weighted by molar-refractivity contribution is 5.77. The minimum absolute atomic E-state index is 0.203. The summed E-state index contributed by atoms with van der Waals surface area (Å²) in [6.45, 7) is 7.33. The lowest BCUT2D eigenvalue weighted by Crippen LogP contribution is -2.39. The van der Waals surface area contributed by atoms with Gasteiger partial charge in [-0.3, -0.25) is 9.69 Å². The van der Waals surface area contributed by atoms with Crippen LogP contribution in [0.2, 0.25) is 0 Å². The van der Waals surface area contributed by atoms with Crippen molar-refractivity contribution in [2.75, 3.05) is 33.2 Å². The van der Waals surface area contributed by atoms with Crippen LogP contribution in [-0.4, -0.2) is 48.9 Å². The first-order valence-electron chi connectivity index (χ1n) is 6.67. The molecule has 0 N–H and O–H groups in total. The van der Waals surface area contributed by atoms with Gasteiger partial charge in [-0.2, -0.15) is 0 Å². The predicted octanol–water partition coefficient (Wildman–Crippen LogP) is 2.03. The molecule has 1 aromatic carbocycles. The van der Waals surface area contributed by atoms with Gasteiger partial charge in [0.15, 0.2) is 0 Å². The number of hydrogen-bond donors (Lipinski definition) is 0. The molecule has 1 rings (SSSR count). The molecule has 0 aliphatic rings. The second-order valence-electron chi connectivity index (χ2n) is 4.51. The second kappa shape index (κ2) is 7.88. The zero-order valence-corrected chi connectivity index (χ0v) is 11.7. The number of nitrogens with zero attached hydrogens (tertiary/aromatic N) is 2. The van der Waals surface area contributed by atoms with Crippen molar-refractivity contribution in [2.24, 2.45) is 0 Å². The van der Waals surface area contributed by atoms with Crippen LogP contribution in [0.4, 0.5) is 0 Å². The molecule has 1 amide bonds. The monoisotopic (exact) mass is 248 g/mol. The zero-order chi connectivity index (χ0) is 13.4. The Labute approximate surface area is 110 Å². The van der Waals surface area contributed by atoms with Crippen LogP contribution in [-0.2, 0) is 11.2 Å². The van der Waals surface area contributed by atoms with Crippen molar-refractivity contribution in [1.29, 1.82) is 0 Å². The Hall–Kier alpha value is -1.35. The number of likely N-dealkylation sites (N-methyl/N-ethyl adjacent to an activating group) is 2. The number of benzene rings is 1. The molecule has 0 heterocycles. The summed E-state index contributed by atoms with van der Waals surface area (Å²) in [5, 5.41) is 0. The normalized spacial score (nSPS) is 10.7. The topological polar surface area (TPSA) is 23.6 Å². The molecule has 0 saturated carbocycles. The van der Waals surface area contributed by atoms with Crippen molar-refractivity contribution in [2.45, 2.75) is 20.3 Å². The smallest absolute Gasteiger partial charge is 0.236 e. The van der Waals surface area contributed by atoms with Crippen molar-refractivity contribution in [3.05, 3.63) is 35.9 Å². The Morgan fingerprint density at radius 3 is 2.28 bits per heavy atom. The van der Waals surface area contributed by atoms with Crippen LogP contribution >= 0.6 is 0 Å². The molecule has 0 atom stereocenters. The van der Waals surface area contributed by atoms with Gasteiger partial charge in [-0.15, -0.1) is 0 Å². The minimum Gasteiger partial charge on any atom is -0.344 e. The maximum atomic E-state index is 12.0. The molecule has 0 spiro atoms. The van der Waals surface area contributed by atoms with Crippen LogP contribution in [0.1, 0.15) is 19.4 Å². The van der Waals surface area contributed by atoms with E-state index in [2.05, 4.69) is 30.9 Å². The van der Waals surface area contributed by atoms with Crippen LogP contribution < -0.4 is 0 Å². The molecule has 3 nitrogen and oxygen atoms in total. The summed E-state index contributed by atoms with van der Waals surface area (Å²) in [6, 6.07) is 10.3. The van der Waals surface area contributed by atoms with Gasteiger partial charge >= 0.3 is 0 Å². The van der Waals surface area contributed by atoms with Gasteiger partial charge in [-0.1, -0.05) is 44.2 Å².